The van der Waals surface area contributed by atoms with E-state index in [0.29, 0.717) is 25.8 Å². The topological polar surface area (TPSA) is 52.7 Å². The lowest BCUT2D eigenvalue weighted by Gasteiger charge is -2.51. The third-order valence-corrected chi connectivity index (χ3v) is 6.09. The predicted octanol–water partition coefficient (Wildman–Crippen LogP) is 2.22. The molecule has 0 radical (unpaired) electrons. The Morgan fingerprint density at radius 3 is 2.11 bits per heavy atom. The van der Waals surface area contributed by atoms with Gasteiger partial charge in [-0.1, -0.05) is 60.7 Å². The van der Waals surface area contributed by atoms with Gasteiger partial charge in [0.1, 0.15) is 11.6 Å². The summed E-state index contributed by atoms with van der Waals surface area (Å²) in [6, 6.07) is 19.3. The van der Waals surface area contributed by atoms with Gasteiger partial charge in [0, 0.05) is 26.1 Å². The monoisotopic (exact) mass is 377 g/mol. The summed E-state index contributed by atoms with van der Waals surface area (Å²) in [7, 11) is 2.06. The number of hydrogen-bond acceptors (Lipinski definition) is 3. The molecule has 0 aromatic heterocycles. The van der Waals surface area contributed by atoms with E-state index < -0.39 is 11.6 Å². The summed E-state index contributed by atoms with van der Waals surface area (Å²) in [5.74, 6) is 0.0221. The average molecular weight is 377 g/mol. The van der Waals surface area contributed by atoms with Crippen molar-refractivity contribution in [2.75, 3.05) is 20.1 Å². The third kappa shape index (κ3) is 3.54. The summed E-state index contributed by atoms with van der Waals surface area (Å²) in [5, 5.41) is 3.06. The van der Waals surface area contributed by atoms with Gasteiger partial charge in [0.2, 0.25) is 11.8 Å². The number of carbonyl (C=O) groups is 2. The van der Waals surface area contributed by atoms with Gasteiger partial charge in [0.15, 0.2) is 0 Å². The maximum absolute atomic E-state index is 13.5. The third-order valence-electron chi connectivity index (χ3n) is 6.09. The predicted molar refractivity (Wildman–Crippen MR) is 109 cm³/mol. The molecule has 1 atom stereocenters. The molecule has 146 valence electrons. The van der Waals surface area contributed by atoms with Gasteiger partial charge in [0.25, 0.3) is 0 Å². The molecule has 2 aliphatic heterocycles. The minimum atomic E-state index is -0.743. The van der Waals surface area contributed by atoms with E-state index >= 15 is 0 Å². The van der Waals surface area contributed by atoms with Crippen LogP contribution < -0.4 is 5.32 Å². The number of carbonyl (C=O) groups excluding carboxylic acids is 2. The first-order valence-corrected chi connectivity index (χ1v) is 9.97. The molecule has 2 aliphatic rings. The highest BCUT2D eigenvalue weighted by molar-refractivity contribution is 6.00. The zero-order valence-corrected chi connectivity index (χ0v) is 16.3. The summed E-state index contributed by atoms with van der Waals surface area (Å²) in [4.78, 5) is 30.9. The second kappa shape index (κ2) is 7.76. The van der Waals surface area contributed by atoms with Crippen molar-refractivity contribution in [3.63, 3.8) is 0 Å². The molecule has 2 aromatic rings. The Labute approximate surface area is 166 Å². The molecule has 0 aliphatic carbocycles. The molecule has 0 unspecified atom stereocenters. The number of benzene rings is 2. The molecular formula is C23H27N3O2. The van der Waals surface area contributed by atoms with Crippen LogP contribution in [0.2, 0.25) is 0 Å². The Morgan fingerprint density at radius 2 is 1.50 bits per heavy atom. The van der Waals surface area contributed by atoms with Gasteiger partial charge in [-0.2, -0.15) is 0 Å². The van der Waals surface area contributed by atoms with E-state index in [1.807, 2.05) is 65.6 Å². The van der Waals surface area contributed by atoms with Crippen LogP contribution in [-0.2, 0) is 22.6 Å². The quantitative estimate of drug-likeness (QED) is 0.889. The van der Waals surface area contributed by atoms with Crippen molar-refractivity contribution >= 4 is 11.8 Å². The zero-order valence-electron chi connectivity index (χ0n) is 16.3. The van der Waals surface area contributed by atoms with Gasteiger partial charge in [-0.25, -0.2) is 0 Å². The number of piperidine rings is 1. The minimum Gasteiger partial charge on any atom is -0.342 e. The second-order valence-corrected chi connectivity index (χ2v) is 7.96. The molecule has 2 saturated heterocycles. The smallest absolute Gasteiger partial charge is 0.246 e. The van der Waals surface area contributed by atoms with Crippen molar-refractivity contribution < 1.29 is 9.59 Å². The van der Waals surface area contributed by atoms with Crippen LogP contribution in [0, 0.1) is 0 Å². The number of amides is 2. The first-order valence-electron chi connectivity index (χ1n) is 9.97. The van der Waals surface area contributed by atoms with Gasteiger partial charge in [-0.3, -0.25) is 9.59 Å². The van der Waals surface area contributed by atoms with Crippen molar-refractivity contribution in [2.24, 2.45) is 0 Å². The molecule has 0 bridgehead atoms. The van der Waals surface area contributed by atoms with Gasteiger partial charge < -0.3 is 15.1 Å². The largest absolute Gasteiger partial charge is 0.342 e. The van der Waals surface area contributed by atoms with Crippen molar-refractivity contribution in [1.82, 2.24) is 15.1 Å². The fourth-order valence-electron chi connectivity index (χ4n) is 4.34. The van der Waals surface area contributed by atoms with Crippen molar-refractivity contribution in [3.05, 3.63) is 71.8 Å². The van der Waals surface area contributed by atoms with E-state index in [0.717, 1.165) is 24.2 Å². The summed E-state index contributed by atoms with van der Waals surface area (Å²) < 4.78 is 0. The second-order valence-electron chi connectivity index (χ2n) is 7.96. The molecular weight excluding hydrogens is 350 g/mol. The zero-order chi connectivity index (χ0) is 19.6. The molecule has 4 rings (SSSR count). The van der Waals surface area contributed by atoms with E-state index in [9.17, 15) is 9.59 Å². The number of hydrogen-bond donors (Lipinski definition) is 1. The van der Waals surface area contributed by atoms with E-state index in [1.165, 1.54) is 0 Å². The maximum atomic E-state index is 13.5. The van der Waals surface area contributed by atoms with E-state index in [1.54, 1.807) is 0 Å². The average Bonchev–Trinajstić information content (AvgIpc) is 2.72. The highest BCUT2D eigenvalue weighted by atomic mass is 16.2. The van der Waals surface area contributed by atoms with Crippen molar-refractivity contribution in [1.29, 1.82) is 0 Å². The highest BCUT2D eigenvalue weighted by Gasteiger charge is 2.53. The fraction of sp³-hybridized carbons (Fsp3) is 0.391. The molecule has 5 heteroatoms. The number of rotatable bonds is 4. The van der Waals surface area contributed by atoms with E-state index in [-0.39, 0.29) is 11.8 Å². The molecule has 2 aromatic carbocycles. The van der Waals surface area contributed by atoms with Crippen LogP contribution in [0.15, 0.2) is 60.7 Å². The lowest BCUT2D eigenvalue weighted by Crippen LogP contribution is -2.72. The molecule has 5 nitrogen and oxygen atoms in total. The Bertz CT molecular complexity index is 829. The molecule has 1 spiro atoms. The van der Waals surface area contributed by atoms with Gasteiger partial charge in [-0.15, -0.1) is 0 Å². The Hall–Kier alpha value is -2.66. The summed E-state index contributed by atoms with van der Waals surface area (Å²) >= 11 is 0. The molecule has 2 fully saturated rings. The van der Waals surface area contributed by atoms with E-state index in [2.05, 4.69) is 17.3 Å². The number of piperazine rings is 1. The number of likely N-dealkylation sites (tertiary alicyclic amines) is 1. The Kier molecular flexibility index (Phi) is 5.18. The van der Waals surface area contributed by atoms with E-state index in [4.69, 9.17) is 0 Å². The van der Waals surface area contributed by atoms with Crippen LogP contribution in [-0.4, -0.2) is 53.3 Å². The lowest BCUT2D eigenvalue weighted by atomic mass is 9.81. The molecule has 28 heavy (non-hydrogen) atoms. The fourth-order valence-corrected chi connectivity index (χ4v) is 4.34. The van der Waals surface area contributed by atoms with Crippen molar-refractivity contribution in [2.45, 2.75) is 37.4 Å². The highest BCUT2D eigenvalue weighted by Crippen LogP contribution is 2.34. The lowest BCUT2D eigenvalue weighted by molar-refractivity contribution is -0.162. The van der Waals surface area contributed by atoms with Gasteiger partial charge in [-0.05, 0) is 31.0 Å². The normalized spacial score (nSPS) is 22.3. The van der Waals surface area contributed by atoms with Crippen LogP contribution in [0.3, 0.4) is 0 Å². The molecule has 2 amide bonds. The number of nitrogens with zero attached hydrogens (tertiary/aromatic N) is 2. The Morgan fingerprint density at radius 1 is 0.929 bits per heavy atom. The summed E-state index contributed by atoms with van der Waals surface area (Å²) in [5.41, 5.74) is 1.37. The number of nitrogens with one attached hydrogen (secondary N) is 1. The first kappa shape index (κ1) is 18.7. The molecule has 0 saturated carbocycles. The summed E-state index contributed by atoms with van der Waals surface area (Å²) in [6.07, 6.45) is 1.87. The van der Waals surface area contributed by atoms with Crippen LogP contribution >= 0.6 is 0 Å². The van der Waals surface area contributed by atoms with Gasteiger partial charge in [0.05, 0.1) is 0 Å². The van der Waals surface area contributed by atoms with Crippen molar-refractivity contribution in [3.8, 4) is 0 Å². The Balaban J connectivity index is 1.64. The van der Waals surface area contributed by atoms with Crippen LogP contribution in [0.4, 0.5) is 0 Å². The standard InChI is InChI=1S/C23H27N3O2/c1-25-14-12-23(13-15-25)22(28)24-20(16-18-8-4-2-5-9-18)21(27)26(23)17-19-10-6-3-7-11-19/h2-11,20H,12-17H2,1H3,(H,24,28)/t20-/m0/s1. The molecule has 1 N–H and O–H groups in total. The summed E-state index contributed by atoms with van der Waals surface area (Å²) in [6.45, 7) is 2.10. The minimum absolute atomic E-state index is 0.00272. The molecule has 2 heterocycles. The maximum Gasteiger partial charge on any atom is 0.246 e. The first-order chi connectivity index (χ1) is 13.6. The van der Waals surface area contributed by atoms with Crippen LogP contribution in [0.1, 0.15) is 24.0 Å². The van der Waals surface area contributed by atoms with Crippen LogP contribution in [0.5, 0.6) is 0 Å². The van der Waals surface area contributed by atoms with Crippen LogP contribution in [0.25, 0.3) is 0 Å². The van der Waals surface area contributed by atoms with Gasteiger partial charge >= 0.3 is 0 Å². The SMILES string of the molecule is CN1CCC2(CC1)C(=O)N[C@@H](Cc1ccccc1)C(=O)N2Cc1ccccc1.